The molecule has 0 aliphatic rings. The number of nitrogens with zero attached hydrogens (tertiary/aromatic N) is 2. The number of carbonyl (C=O) groups excluding carboxylic acids is 1. The lowest BCUT2D eigenvalue weighted by Gasteiger charge is -2.13. The van der Waals surface area contributed by atoms with Gasteiger partial charge in [-0.2, -0.15) is 0 Å². The fourth-order valence-corrected chi connectivity index (χ4v) is 3.70. The summed E-state index contributed by atoms with van der Waals surface area (Å²) in [5, 5.41) is 13.1. The molecule has 2 heterocycles. The van der Waals surface area contributed by atoms with E-state index >= 15 is 0 Å². The Morgan fingerprint density at radius 2 is 1.81 bits per heavy atom. The number of hydrogen-bond acceptors (Lipinski definition) is 4. The number of carbonyl (C=O) groups is 2. The number of benzene rings is 2. The highest BCUT2D eigenvalue weighted by Gasteiger charge is 2.17. The zero-order valence-electron chi connectivity index (χ0n) is 16.8. The van der Waals surface area contributed by atoms with Crippen molar-refractivity contribution < 1.29 is 14.7 Å². The largest absolute Gasteiger partial charge is 0.477 e. The molecular weight excluding hydrogens is 414 g/mol. The second-order valence-electron chi connectivity index (χ2n) is 7.20. The number of nitrogens with one attached hydrogen (secondary N) is 1. The summed E-state index contributed by atoms with van der Waals surface area (Å²) < 4.78 is 0. The molecule has 0 fully saturated rings. The number of rotatable bonds is 4. The van der Waals surface area contributed by atoms with Crippen LogP contribution in [0, 0.1) is 13.8 Å². The number of fused-ring (bicyclic) bond motifs is 1. The van der Waals surface area contributed by atoms with E-state index in [9.17, 15) is 9.59 Å². The van der Waals surface area contributed by atoms with E-state index in [1.807, 2.05) is 44.2 Å². The van der Waals surface area contributed by atoms with Crippen LogP contribution >= 0.6 is 11.6 Å². The van der Waals surface area contributed by atoms with Gasteiger partial charge in [-0.25, -0.2) is 14.8 Å². The second kappa shape index (κ2) is 8.16. The fourth-order valence-electron chi connectivity index (χ4n) is 3.47. The van der Waals surface area contributed by atoms with Crippen molar-refractivity contribution in [2.45, 2.75) is 13.8 Å². The molecule has 2 N–H and O–H groups in total. The number of hydrogen-bond donors (Lipinski definition) is 2. The van der Waals surface area contributed by atoms with E-state index in [-0.39, 0.29) is 11.6 Å². The standard InChI is InChI=1S/C24H18ClN3O3/c1-13-9-14(2)22-17(10-13)18(11-21(28-22)16-5-3-4-6-19(16)25)23(29)27-15-7-8-20(24(30)31)26-12-15/h3-12H,1-2H3,(H,27,29)(H,30,31). The number of pyridine rings is 2. The van der Waals surface area contributed by atoms with Crippen molar-refractivity contribution >= 4 is 40.1 Å². The Kier molecular flexibility index (Phi) is 5.40. The number of halogens is 1. The van der Waals surface area contributed by atoms with Crippen molar-refractivity contribution in [2.24, 2.45) is 0 Å². The van der Waals surface area contributed by atoms with E-state index in [0.717, 1.165) is 22.1 Å². The fraction of sp³-hybridized carbons (Fsp3) is 0.0833. The molecule has 0 aliphatic carbocycles. The average Bonchev–Trinajstić information content (AvgIpc) is 2.74. The van der Waals surface area contributed by atoms with Gasteiger partial charge in [0.2, 0.25) is 0 Å². The molecule has 7 heteroatoms. The van der Waals surface area contributed by atoms with E-state index in [4.69, 9.17) is 21.7 Å². The molecule has 4 rings (SSSR count). The van der Waals surface area contributed by atoms with Gasteiger partial charge < -0.3 is 10.4 Å². The lowest BCUT2D eigenvalue weighted by molar-refractivity contribution is 0.0690. The molecule has 0 saturated carbocycles. The van der Waals surface area contributed by atoms with Gasteiger partial charge >= 0.3 is 5.97 Å². The van der Waals surface area contributed by atoms with Gasteiger partial charge in [0.25, 0.3) is 5.91 Å². The molecule has 31 heavy (non-hydrogen) atoms. The van der Waals surface area contributed by atoms with Crippen LogP contribution in [0.3, 0.4) is 0 Å². The summed E-state index contributed by atoms with van der Waals surface area (Å²) >= 11 is 6.38. The summed E-state index contributed by atoms with van der Waals surface area (Å²) in [5.41, 5.74) is 4.73. The zero-order chi connectivity index (χ0) is 22.1. The van der Waals surface area contributed by atoms with Crippen LogP contribution in [0.15, 0.2) is 60.8 Å². The van der Waals surface area contributed by atoms with Crippen LogP contribution in [-0.4, -0.2) is 27.0 Å². The molecule has 0 spiro atoms. The minimum atomic E-state index is -1.13. The zero-order valence-corrected chi connectivity index (χ0v) is 17.6. The van der Waals surface area contributed by atoms with Gasteiger partial charge in [0, 0.05) is 16.0 Å². The maximum Gasteiger partial charge on any atom is 0.354 e. The average molecular weight is 432 g/mol. The predicted octanol–water partition coefficient (Wildman–Crippen LogP) is 5.52. The van der Waals surface area contributed by atoms with Crippen molar-refractivity contribution in [1.29, 1.82) is 0 Å². The molecule has 0 bridgehead atoms. The van der Waals surface area contributed by atoms with Crippen molar-refractivity contribution in [3.63, 3.8) is 0 Å². The molecule has 0 unspecified atom stereocenters. The monoisotopic (exact) mass is 431 g/mol. The summed E-state index contributed by atoms with van der Waals surface area (Å²) in [5.74, 6) is -1.48. The highest BCUT2D eigenvalue weighted by atomic mass is 35.5. The Bertz CT molecular complexity index is 1330. The number of aromatic nitrogens is 2. The van der Waals surface area contributed by atoms with Crippen molar-refractivity contribution in [2.75, 3.05) is 5.32 Å². The van der Waals surface area contributed by atoms with Crippen molar-refractivity contribution in [3.8, 4) is 11.3 Å². The summed E-state index contributed by atoms with van der Waals surface area (Å²) in [6.45, 7) is 3.92. The molecular formula is C24H18ClN3O3. The van der Waals surface area contributed by atoms with Crippen LogP contribution < -0.4 is 5.32 Å². The molecule has 4 aromatic rings. The summed E-state index contributed by atoms with van der Waals surface area (Å²) in [6.07, 6.45) is 1.32. The first-order valence-corrected chi connectivity index (χ1v) is 9.89. The quantitative estimate of drug-likeness (QED) is 0.444. The topological polar surface area (TPSA) is 92.2 Å². The van der Waals surface area contributed by atoms with Gasteiger partial charge in [-0.05, 0) is 49.7 Å². The SMILES string of the molecule is Cc1cc(C)c2nc(-c3ccccc3Cl)cc(C(=O)Nc3ccc(C(=O)O)nc3)c2c1. The van der Waals surface area contributed by atoms with Crippen LogP contribution in [0.25, 0.3) is 22.2 Å². The van der Waals surface area contributed by atoms with Gasteiger partial charge in [0.05, 0.1) is 28.7 Å². The van der Waals surface area contributed by atoms with Crippen LogP contribution in [0.1, 0.15) is 32.0 Å². The van der Waals surface area contributed by atoms with Gasteiger partial charge in [-0.1, -0.05) is 41.4 Å². The first-order chi connectivity index (χ1) is 14.8. The van der Waals surface area contributed by atoms with Crippen LogP contribution in [0.2, 0.25) is 5.02 Å². The first kappa shape index (κ1) is 20.5. The molecule has 0 atom stereocenters. The normalized spacial score (nSPS) is 10.8. The second-order valence-corrected chi connectivity index (χ2v) is 7.61. The van der Waals surface area contributed by atoms with E-state index in [1.54, 1.807) is 12.1 Å². The van der Waals surface area contributed by atoms with E-state index in [2.05, 4.69) is 10.3 Å². The van der Waals surface area contributed by atoms with E-state index in [1.165, 1.54) is 18.3 Å². The van der Waals surface area contributed by atoms with Gasteiger partial charge in [-0.3, -0.25) is 4.79 Å². The molecule has 0 radical (unpaired) electrons. The summed E-state index contributed by atoms with van der Waals surface area (Å²) in [4.78, 5) is 32.9. The molecule has 2 aromatic heterocycles. The Labute approximate surface area is 183 Å². The van der Waals surface area contributed by atoms with Crippen molar-refractivity contribution in [3.05, 3.63) is 88.2 Å². The number of aromatic carboxylic acids is 1. The van der Waals surface area contributed by atoms with Gasteiger partial charge in [0.1, 0.15) is 5.69 Å². The minimum Gasteiger partial charge on any atom is -0.477 e. The molecule has 2 aromatic carbocycles. The van der Waals surface area contributed by atoms with Crippen LogP contribution in [0.5, 0.6) is 0 Å². The number of amides is 1. The summed E-state index contributed by atoms with van der Waals surface area (Å²) in [6, 6.07) is 15.8. The number of carboxylic acids is 1. The number of anilines is 1. The number of aryl methyl sites for hydroxylation is 2. The molecule has 6 nitrogen and oxygen atoms in total. The maximum absolute atomic E-state index is 13.2. The lowest BCUT2D eigenvalue weighted by atomic mass is 9.99. The van der Waals surface area contributed by atoms with Crippen LogP contribution in [0.4, 0.5) is 5.69 Å². The Balaban J connectivity index is 1.84. The van der Waals surface area contributed by atoms with Crippen LogP contribution in [-0.2, 0) is 0 Å². The third kappa shape index (κ3) is 4.11. The smallest absolute Gasteiger partial charge is 0.354 e. The Hall–Kier alpha value is -3.77. The highest BCUT2D eigenvalue weighted by molar-refractivity contribution is 6.33. The van der Waals surface area contributed by atoms with E-state index in [0.29, 0.717) is 27.5 Å². The Morgan fingerprint density at radius 1 is 1.03 bits per heavy atom. The van der Waals surface area contributed by atoms with Gasteiger partial charge in [0.15, 0.2) is 0 Å². The molecule has 1 amide bonds. The van der Waals surface area contributed by atoms with Gasteiger partial charge in [-0.15, -0.1) is 0 Å². The molecule has 154 valence electrons. The Morgan fingerprint density at radius 3 is 2.48 bits per heavy atom. The highest BCUT2D eigenvalue weighted by Crippen LogP contribution is 2.31. The maximum atomic E-state index is 13.2. The third-order valence-electron chi connectivity index (χ3n) is 4.88. The third-order valence-corrected chi connectivity index (χ3v) is 5.21. The van der Waals surface area contributed by atoms with Crippen molar-refractivity contribution in [1.82, 2.24) is 9.97 Å². The van der Waals surface area contributed by atoms with E-state index < -0.39 is 5.97 Å². The summed E-state index contributed by atoms with van der Waals surface area (Å²) in [7, 11) is 0. The number of carboxylic acid groups (broad SMARTS) is 1. The lowest BCUT2D eigenvalue weighted by Crippen LogP contribution is -2.14. The molecule has 0 aliphatic heterocycles. The molecule has 0 saturated heterocycles. The minimum absolute atomic E-state index is 0.0976. The predicted molar refractivity (Wildman–Crippen MR) is 121 cm³/mol. The first-order valence-electron chi connectivity index (χ1n) is 9.51.